The molecule has 0 aliphatic carbocycles. The largest absolute Gasteiger partial charge is 0.383 e. The first kappa shape index (κ1) is 14.1. The summed E-state index contributed by atoms with van der Waals surface area (Å²) in [6.45, 7) is 6.14. The standard InChI is InChI=1S/C17H19N3/c1-4-6-14-12(3)20-17(19)15(10-18)16(14)13-8-5-7-11(2)9-13/h5,7-9H,4,6H2,1-3H3,(H2,19,20). The van der Waals surface area contributed by atoms with E-state index in [2.05, 4.69) is 24.0 Å². The summed E-state index contributed by atoms with van der Waals surface area (Å²) in [5.41, 5.74) is 11.6. The SMILES string of the molecule is CCCc1c(C)nc(N)c(C#N)c1-c1cccc(C)c1. The predicted molar refractivity (Wildman–Crippen MR) is 82.3 cm³/mol. The van der Waals surface area contributed by atoms with Crippen LogP contribution in [0.4, 0.5) is 5.82 Å². The molecule has 2 N–H and O–H groups in total. The number of hydrogen-bond acceptors (Lipinski definition) is 3. The number of pyridine rings is 1. The third-order valence-corrected chi connectivity index (χ3v) is 3.45. The van der Waals surface area contributed by atoms with Crippen LogP contribution in [0.1, 0.15) is 35.7 Å². The van der Waals surface area contributed by atoms with Crippen molar-refractivity contribution < 1.29 is 0 Å². The third-order valence-electron chi connectivity index (χ3n) is 3.45. The molecule has 0 saturated heterocycles. The van der Waals surface area contributed by atoms with Gasteiger partial charge >= 0.3 is 0 Å². The normalized spacial score (nSPS) is 10.3. The number of benzene rings is 1. The van der Waals surface area contributed by atoms with Crippen LogP contribution in [0, 0.1) is 25.2 Å². The van der Waals surface area contributed by atoms with Crippen LogP contribution < -0.4 is 5.73 Å². The van der Waals surface area contributed by atoms with E-state index in [0.717, 1.165) is 35.2 Å². The van der Waals surface area contributed by atoms with Crippen molar-refractivity contribution in [3.63, 3.8) is 0 Å². The summed E-state index contributed by atoms with van der Waals surface area (Å²) in [5.74, 6) is 0.321. The summed E-state index contributed by atoms with van der Waals surface area (Å²) in [7, 11) is 0. The molecule has 0 fully saturated rings. The number of nitrogen functional groups attached to an aromatic ring is 1. The molecule has 1 aromatic carbocycles. The topological polar surface area (TPSA) is 62.7 Å². The van der Waals surface area contributed by atoms with Gasteiger partial charge in [-0.1, -0.05) is 43.2 Å². The first-order chi connectivity index (χ1) is 9.58. The van der Waals surface area contributed by atoms with Crippen molar-refractivity contribution in [3.8, 4) is 17.2 Å². The molecule has 3 nitrogen and oxygen atoms in total. The van der Waals surface area contributed by atoms with Gasteiger partial charge in [-0.15, -0.1) is 0 Å². The highest BCUT2D eigenvalue weighted by Crippen LogP contribution is 2.33. The molecule has 0 unspecified atom stereocenters. The number of hydrogen-bond donors (Lipinski definition) is 1. The van der Waals surface area contributed by atoms with E-state index in [-0.39, 0.29) is 0 Å². The van der Waals surface area contributed by atoms with Gasteiger partial charge in [-0.3, -0.25) is 0 Å². The first-order valence-electron chi connectivity index (χ1n) is 6.84. The fraction of sp³-hybridized carbons (Fsp3) is 0.294. The van der Waals surface area contributed by atoms with Crippen molar-refractivity contribution >= 4 is 5.82 Å². The number of nitriles is 1. The lowest BCUT2D eigenvalue weighted by Gasteiger charge is -2.15. The highest BCUT2D eigenvalue weighted by atomic mass is 14.8. The Morgan fingerprint density at radius 1 is 1.30 bits per heavy atom. The van der Waals surface area contributed by atoms with Gasteiger partial charge in [0.15, 0.2) is 0 Å². The van der Waals surface area contributed by atoms with Crippen molar-refractivity contribution in [2.45, 2.75) is 33.6 Å². The van der Waals surface area contributed by atoms with Gasteiger partial charge in [-0.2, -0.15) is 5.26 Å². The molecule has 2 rings (SSSR count). The minimum absolute atomic E-state index is 0.321. The Kier molecular flexibility index (Phi) is 4.05. The molecule has 1 heterocycles. The molecule has 0 spiro atoms. The average Bonchev–Trinajstić information content (AvgIpc) is 2.41. The lowest BCUT2D eigenvalue weighted by Crippen LogP contribution is -2.05. The summed E-state index contributed by atoms with van der Waals surface area (Å²) in [4.78, 5) is 4.33. The van der Waals surface area contributed by atoms with E-state index in [0.29, 0.717) is 11.4 Å². The highest BCUT2D eigenvalue weighted by molar-refractivity contribution is 5.79. The number of rotatable bonds is 3. The number of anilines is 1. The second-order valence-corrected chi connectivity index (χ2v) is 5.04. The van der Waals surface area contributed by atoms with Crippen molar-refractivity contribution in [1.82, 2.24) is 4.98 Å². The van der Waals surface area contributed by atoms with Crippen molar-refractivity contribution in [1.29, 1.82) is 5.26 Å². The first-order valence-corrected chi connectivity index (χ1v) is 6.84. The molecular formula is C17H19N3. The molecule has 102 valence electrons. The highest BCUT2D eigenvalue weighted by Gasteiger charge is 2.17. The fourth-order valence-corrected chi connectivity index (χ4v) is 2.55. The van der Waals surface area contributed by atoms with E-state index >= 15 is 0 Å². The number of nitrogens with zero attached hydrogens (tertiary/aromatic N) is 2. The zero-order chi connectivity index (χ0) is 14.7. The zero-order valence-electron chi connectivity index (χ0n) is 12.2. The van der Waals surface area contributed by atoms with Gasteiger partial charge < -0.3 is 5.73 Å². The molecule has 20 heavy (non-hydrogen) atoms. The number of aryl methyl sites for hydroxylation is 2. The van der Waals surface area contributed by atoms with Crippen LogP contribution in [-0.2, 0) is 6.42 Å². The van der Waals surface area contributed by atoms with Gasteiger partial charge in [0, 0.05) is 11.3 Å². The number of nitrogens with two attached hydrogens (primary N) is 1. The van der Waals surface area contributed by atoms with Crippen LogP contribution in [0.25, 0.3) is 11.1 Å². The Bertz CT molecular complexity index is 681. The van der Waals surface area contributed by atoms with Crippen molar-refractivity contribution in [2.24, 2.45) is 0 Å². The van der Waals surface area contributed by atoms with Gasteiger partial charge in [0.05, 0.1) is 0 Å². The Hall–Kier alpha value is -2.34. The Labute approximate surface area is 120 Å². The molecule has 2 aromatic rings. The van der Waals surface area contributed by atoms with Crippen LogP contribution in [0.3, 0.4) is 0 Å². The van der Waals surface area contributed by atoms with Gasteiger partial charge in [-0.25, -0.2) is 4.98 Å². The monoisotopic (exact) mass is 265 g/mol. The summed E-state index contributed by atoms with van der Waals surface area (Å²) in [5, 5.41) is 9.44. The Morgan fingerprint density at radius 2 is 2.05 bits per heavy atom. The lowest BCUT2D eigenvalue weighted by molar-refractivity contribution is 0.901. The van der Waals surface area contributed by atoms with Gasteiger partial charge in [0.25, 0.3) is 0 Å². The van der Waals surface area contributed by atoms with Crippen molar-refractivity contribution in [3.05, 3.63) is 46.6 Å². The van der Waals surface area contributed by atoms with Gasteiger partial charge in [0.2, 0.25) is 0 Å². The lowest BCUT2D eigenvalue weighted by atomic mass is 9.91. The fourth-order valence-electron chi connectivity index (χ4n) is 2.55. The third kappa shape index (κ3) is 2.50. The average molecular weight is 265 g/mol. The van der Waals surface area contributed by atoms with Crippen LogP contribution in [0.15, 0.2) is 24.3 Å². The van der Waals surface area contributed by atoms with E-state index in [1.54, 1.807) is 0 Å². The minimum Gasteiger partial charge on any atom is -0.383 e. The summed E-state index contributed by atoms with van der Waals surface area (Å²) in [6, 6.07) is 10.4. The van der Waals surface area contributed by atoms with Gasteiger partial charge in [-0.05, 0) is 31.4 Å². The predicted octanol–water partition coefficient (Wildman–Crippen LogP) is 3.77. The summed E-state index contributed by atoms with van der Waals surface area (Å²) in [6.07, 6.45) is 1.91. The molecule has 0 saturated carbocycles. The minimum atomic E-state index is 0.321. The maximum atomic E-state index is 9.44. The Morgan fingerprint density at radius 3 is 2.65 bits per heavy atom. The quantitative estimate of drug-likeness (QED) is 0.918. The zero-order valence-corrected chi connectivity index (χ0v) is 12.2. The van der Waals surface area contributed by atoms with E-state index in [1.807, 2.05) is 32.0 Å². The molecule has 3 heteroatoms. The van der Waals surface area contributed by atoms with Crippen LogP contribution >= 0.6 is 0 Å². The smallest absolute Gasteiger partial charge is 0.142 e. The second-order valence-electron chi connectivity index (χ2n) is 5.04. The van der Waals surface area contributed by atoms with Crippen LogP contribution in [0.2, 0.25) is 0 Å². The van der Waals surface area contributed by atoms with E-state index in [9.17, 15) is 5.26 Å². The molecule has 0 aliphatic rings. The molecule has 0 amide bonds. The molecule has 0 radical (unpaired) electrons. The molecule has 0 bridgehead atoms. The summed E-state index contributed by atoms with van der Waals surface area (Å²) >= 11 is 0. The molecule has 0 atom stereocenters. The summed E-state index contributed by atoms with van der Waals surface area (Å²) < 4.78 is 0. The van der Waals surface area contributed by atoms with Crippen molar-refractivity contribution in [2.75, 3.05) is 5.73 Å². The van der Waals surface area contributed by atoms with E-state index < -0.39 is 0 Å². The van der Waals surface area contributed by atoms with Crippen LogP contribution in [0.5, 0.6) is 0 Å². The molecule has 1 aromatic heterocycles. The molecule has 0 aliphatic heterocycles. The van der Waals surface area contributed by atoms with E-state index in [1.165, 1.54) is 5.56 Å². The second kappa shape index (κ2) is 5.75. The van der Waals surface area contributed by atoms with E-state index in [4.69, 9.17) is 5.73 Å². The van der Waals surface area contributed by atoms with Gasteiger partial charge in [0.1, 0.15) is 17.5 Å². The maximum Gasteiger partial charge on any atom is 0.142 e. The Balaban J connectivity index is 2.81. The maximum absolute atomic E-state index is 9.44. The van der Waals surface area contributed by atoms with Crippen LogP contribution in [-0.4, -0.2) is 4.98 Å². The molecular weight excluding hydrogens is 246 g/mol. The number of aromatic nitrogens is 1.